The van der Waals surface area contributed by atoms with E-state index in [4.69, 9.17) is 16.4 Å². The smallest absolute Gasteiger partial charge is 0.255 e. The zero-order valence-electron chi connectivity index (χ0n) is 23.5. The molecule has 34 heavy (non-hydrogen) atoms. The highest BCUT2D eigenvalue weighted by molar-refractivity contribution is 6.02. The van der Waals surface area contributed by atoms with Crippen LogP contribution in [-0.2, 0) is 34.0 Å². The van der Waals surface area contributed by atoms with E-state index >= 15 is 0 Å². The van der Waals surface area contributed by atoms with Gasteiger partial charge in [-0.15, -0.1) is 0 Å². The average molecular weight is 467 g/mol. The molecule has 2 fully saturated rings. The van der Waals surface area contributed by atoms with Crippen LogP contribution in [0, 0.1) is 0 Å². The molecule has 1 N–H and O–H groups in total. The summed E-state index contributed by atoms with van der Waals surface area (Å²) >= 11 is 0. The second-order valence-electron chi connectivity index (χ2n) is 8.18. The first-order chi connectivity index (χ1) is 18.5. The molecule has 0 aliphatic carbocycles. The first-order valence-corrected chi connectivity index (χ1v) is 10.9. The Morgan fingerprint density at radius 2 is 2.00 bits per heavy atom. The fourth-order valence-electron chi connectivity index (χ4n) is 4.09. The largest absolute Gasteiger partial charge is 0.489 e. The lowest BCUT2D eigenvalue weighted by molar-refractivity contribution is -0.143. The Labute approximate surface area is 205 Å². The molecule has 3 amide bonds. The van der Waals surface area contributed by atoms with Gasteiger partial charge in [-0.25, -0.2) is 0 Å². The van der Waals surface area contributed by atoms with Gasteiger partial charge in [-0.3, -0.25) is 14.4 Å². The van der Waals surface area contributed by atoms with Crippen LogP contribution in [0.25, 0.3) is 0 Å². The van der Waals surface area contributed by atoms with E-state index < -0.39 is 36.3 Å². The summed E-state index contributed by atoms with van der Waals surface area (Å²) in [6, 6.07) is 9.68. The number of carbonyl (C=O) groups excluding carboxylic acids is 3. The molecule has 8 nitrogen and oxygen atoms in total. The maximum atomic E-state index is 13.3. The molecule has 176 valence electrons. The van der Waals surface area contributed by atoms with E-state index in [9.17, 15) is 14.4 Å². The van der Waals surface area contributed by atoms with Crippen LogP contribution in [0.4, 0.5) is 0 Å². The zero-order chi connectivity index (χ0) is 28.1. The molecule has 2 aromatic carbocycles. The Morgan fingerprint density at radius 1 is 1.21 bits per heavy atom. The SMILES string of the molecule is [2H]C1C([2H])([2H])C(=C)N([2H])C(=O)C1([2H])N1Cc2c(OCc3ccc(CN4CCOCC4=O)cc3)cccc2C1=O. The number of piperidine rings is 1. The maximum Gasteiger partial charge on any atom is 0.255 e. The predicted octanol–water partition coefficient (Wildman–Crippen LogP) is 2.37. The number of nitrogens with zero attached hydrogens (tertiary/aromatic N) is 2. The van der Waals surface area contributed by atoms with Crippen LogP contribution >= 0.6 is 0 Å². The lowest BCUT2D eigenvalue weighted by Crippen LogP contribution is -2.49. The fourth-order valence-corrected chi connectivity index (χ4v) is 4.09. The molecule has 0 aromatic heterocycles. The number of rotatable bonds is 6. The highest BCUT2D eigenvalue weighted by Gasteiger charge is 2.39. The van der Waals surface area contributed by atoms with Gasteiger partial charge in [0.1, 0.15) is 25.0 Å². The molecule has 2 saturated heterocycles. The molecule has 5 rings (SSSR count). The van der Waals surface area contributed by atoms with Gasteiger partial charge in [0.05, 0.1) is 14.5 Å². The van der Waals surface area contributed by atoms with Crippen LogP contribution in [0.15, 0.2) is 54.7 Å². The third-order valence-corrected chi connectivity index (χ3v) is 5.92. The average Bonchev–Trinajstić information content (AvgIpc) is 3.28. The summed E-state index contributed by atoms with van der Waals surface area (Å²) < 4.78 is 52.6. The molecule has 0 bridgehead atoms. The summed E-state index contributed by atoms with van der Waals surface area (Å²) in [5.74, 6) is -1.62. The highest BCUT2D eigenvalue weighted by atomic mass is 16.5. The first kappa shape index (κ1) is 16.9. The van der Waals surface area contributed by atoms with Crippen molar-refractivity contribution in [2.75, 3.05) is 19.8 Å². The van der Waals surface area contributed by atoms with E-state index in [1.165, 1.54) is 6.07 Å². The van der Waals surface area contributed by atoms with Gasteiger partial charge < -0.3 is 24.6 Å². The summed E-state index contributed by atoms with van der Waals surface area (Å²) in [5.41, 5.74) is 1.85. The van der Waals surface area contributed by atoms with E-state index in [0.717, 1.165) is 16.0 Å². The number of hydrogen-bond acceptors (Lipinski definition) is 5. The third-order valence-electron chi connectivity index (χ3n) is 5.92. The van der Waals surface area contributed by atoms with Gasteiger partial charge >= 0.3 is 0 Å². The lowest BCUT2D eigenvalue weighted by Gasteiger charge is -2.31. The Balaban J connectivity index is 1.31. The van der Waals surface area contributed by atoms with Gasteiger partial charge in [0.15, 0.2) is 1.41 Å². The summed E-state index contributed by atoms with van der Waals surface area (Å²) in [5, 5.41) is 0.171. The molecule has 3 aliphatic heterocycles. The predicted molar refractivity (Wildman–Crippen MR) is 124 cm³/mol. The molecular weight excluding hydrogens is 434 g/mol. The van der Waals surface area contributed by atoms with Crippen LogP contribution in [0.1, 0.15) is 45.3 Å². The van der Waals surface area contributed by atoms with E-state index in [0.29, 0.717) is 31.0 Å². The van der Waals surface area contributed by atoms with Crippen molar-refractivity contribution in [3.63, 3.8) is 0 Å². The number of carbonyl (C=O) groups is 3. The molecule has 2 unspecified atom stereocenters. The van der Waals surface area contributed by atoms with Gasteiger partial charge in [0, 0.05) is 34.0 Å². The standard InChI is InChI=1S/C26H27N3O5/c1-17-5-10-22(25(31)27-17)29-14-21-20(26(29)32)3-2-4-23(21)34-15-19-8-6-18(7-9-19)13-28-11-12-33-16-24(28)30/h2-4,6-9,22H,1,5,10-16H2,(H,27,31)/i5D2,10D,22D/hD. The number of allylic oxidation sites excluding steroid dienone is 1. The topological polar surface area (TPSA) is 88.2 Å². The molecule has 0 spiro atoms. The molecule has 8 heteroatoms. The fraction of sp³-hybridized carbons (Fsp3) is 0.346. The quantitative estimate of drug-likeness (QED) is 0.706. The Bertz CT molecular complexity index is 1350. The number of nitrogens with one attached hydrogen (secondary N) is 1. The molecular formula is C26H27N3O5. The Hall–Kier alpha value is -3.65. The van der Waals surface area contributed by atoms with Crippen LogP contribution in [-0.4, -0.2) is 53.3 Å². The van der Waals surface area contributed by atoms with Crippen molar-refractivity contribution in [2.24, 2.45) is 0 Å². The number of benzene rings is 2. The van der Waals surface area contributed by atoms with Crippen LogP contribution in [0.3, 0.4) is 0 Å². The van der Waals surface area contributed by atoms with Crippen LogP contribution < -0.4 is 10.0 Å². The zero-order valence-corrected chi connectivity index (χ0v) is 18.5. The molecule has 0 radical (unpaired) electrons. The lowest BCUT2D eigenvalue weighted by atomic mass is 10.0. The maximum absolute atomic E-state index is 13.3. The van der Waals surface area contributed by atoms with Crippen molar-refractivity contribution in [3.05, 3.63) is 77.0 Å². The van der Waals surface area contributed by atoms with Gasteiger partial charge in [0.2, 0.25) is 11.8 Å². The monoisotopic (exact) mass is 466 g/mol. The minimum Gasteiger partial charge on any atom is -0.489 e. The molecule has 2 atom stereocenters. The molecule has 3 aliphatic rings. The van der Waals surface area contributed by atoms with Crippen molar-refractivity contribution >= 4 is 17.7 Å². The minimum atomic E-state index is -2.67. The second kappa shape index (κ2) is 9.30. The van der Waals surface area contributed by atoms with E-state index in [2.05, 4.69) is 6.58 Å². The van der Waals surface area contributed by atoms with Crippen molar-refractivity contribution < 1.29 is 30.8 Å². The van der Waals surface area contributed by atoms with Crippen molar-refractivity contribution in [3.8, 4) is 5.75 Å². The van der Waals surface area contributed by atoms with Gasteiger partial charge in [0.25, 0.3) is 5.91 Å². The highest BCUT2D eigenvalue weighted by Crippen LogP contribution is 2.34. The van der Waals surface area contributed by atoms with Crippen molar-refractivity contribution in [1.82, 2.24) is 15.1 Å². The van der Waals surface area contributed by atoms with E-state index in [-0.39, 0.29) is 36.5 Å². The summed E-state index contributed by atoms with van der Waals surface area (Å²) in [7, 11) is 0. The number of hydrogen-bond donors (Lipinski definition) is 1. The Kier molecular flexibility index (Phi) is 4.62. The summed E-state index contributed by atoms with van der Waals surface area (Å²) in [6.07, 6.45) is -4.59. The molecule has 2 aromatic rings. The van der Waals surface area contributed by atoms with Crippen molar-refractivity contribution in [1.29, 1.82) is 0 Å². The van der Waals surface area contributed by atoms with Gasteiger partial charge in [-0.05, 0) is 36.0 Å². The minimum absolute atomic E-state index is 0.0483. The number of amides is 3. The molecule has 0 saturated carbocycles. The number of ether oxygens (including phenoxy) is 2. The summed E-state index contributed by atoms with van der Waals surface area (Å²) in [6.45, 7) is 4.95. The van der Waals surface area contributed by atoms with Gasteiger partial charge in [-0.2, -0.15) is 0 Å². The second-order valence-corrected chi connectivity index (χ2v) is 8.18. The third kappa shape index (κ3) is 4.41. The Morgan fingerprint density at radius 3 is 2.79 bits per heavy atom. The number of morpholine rings is 1. The van der Waals surface area contributed by atoms with Crippen molar-refractivity contribution in [2.45, 2.75) is 38.5 Å². The van der Waals surface area contributed by atoms with Gasteiger partial charge in [-0.1, -0.05) is 36.9 Å². The molecule has 3 heterocycles. The van der Waals surface area contributed by atoms with Crippen LogP contribution in [0.2, 0.25) is 1.41 Å². The normalized spacial score (nSPS) is 28.6. The van der Waals surface area contributed by atoms with E-state index in [1.807, 2.05) is 24.3 Å². The van der Waals surface area contributed by atoms with Crippen LogP contribution in [0.5, 0.6) is 5.75 Å². The first-order valence-electron chi connectivity index (χ1n) is 13.4. The number of fused-ring (bicyclic) bond motifs is 1. The van der Waals surface area contributed by atoms with E-state index in [1.54, 1.807) is 17.0 Å². The summed E-state index contributed by atoms with van der Waals surface area (Å²) in [4.78, 5) is 40.8.